The summed E-state index contributed by atoms with van der Waals surface area (Å²) in [4.78, 5) is 13.0. The molecule has 1 atom stereocenters. The predicted octanol–water partition coefficient (Wildman–Crippen LogP) is 5.40. The summed E-state index contributed by atoms with van der Waals surface area (Å²) in [6.07, 6.45) is 5.58. The third-order valence-corrected chi connectivity index (χ3v) is 4.58. The van der Waals surface area contributed by atoms with Crippen molar-refractivity contribution in [2.75, 3.05) is 5.32 Å². The number of carbonyl (C=O) groups is 1. The van der Waals surface area contributed by atoms with Gasteiger partial charge in [-0.1, -0.05) is 18.2 Å². The molecular weight excluding hydrogens is 326 g/mol. The SMILES string of the molecule is CC(Nc1ccccc1)=C1C(=O)C=C(c2ccco2)C[C@@H]1c1ccco1. The minimum absolute atomic E-state index is 0.0232. The Morgan fingerprint density at radius 3 is 2.46 bits per heavy atom. The van der Waals surface area contributed by atoms with Crippen molar-refractivity contribution >= 4 is 17.0 Å². The van der Waals surface area contributed by atoms with Gasteiger partial charge < -0.3 is 14.2 Å². The molecule has 1 aromatic carbocycles. The van der Waals surface area contributed by atoms with Crippen molar-refractivity contribution in [1.82, 2.24) is 0 Å². The summed E-state index contributed by atoms with van der Waals surface area (Å²) in [5, 5.41) is 3.35. The number of para-hydroxylation sites is 1. The predicted molar refractivity (Wildman–Crippen MR) is 101 cm³/mol. The third kappa shape index (κ3) is 3.14. The minimum atomic E-state index is -0.154. The van der Waals surface area contributed by atoms with E-state index in [1.54, 1.807) is 18.6 Å². The van der Waals surface area contributed by atoms with E-state index in [4.69, 9.17) is 8.83 Å². The minimum Gasteiger partial charge on any atom is -0.469 e. The summed E-state index contributed by atoms with van der Waals surface area (Å²) in [6.45, 7) is 1.93. The second-order valence-corrected chi connectivity index (χ2v) is 6.31. The maximum Gasteiger partial charge on any atom is 0.184 e. The number of furan rings is 2. The number of rotatable bonds is 4. The largest absolute Gasteiger partial charge is 0.469 e. The molecule has 0 saturated carbocycles. The van der Waals surface area contributed by atoms with Gasteiger partial charge in [-0.2, -0.15) is 0 Å². The molecule has 0 bridgehead atoms. The first-order valence-corrected chi connectivity index (χ1v) is 8.57. The Hall–Kier alpha value is -3.27. The van der Waals surface area contributed by atoms with Crippen molar-refractivity contribution < 1.29 is 13.6 Å². The first-order chi connectivity index (χ1) is 12.7. The van der Waals surface area contributed by atoms with E-state index in [9.17, 15) is 4.79 Å². The number of hydrogen-bond donors (Lipinski definition) is 1. The smallest absolute Gasteiger partial charge is 0.184 e. The zero-order chi connectivity index (χ0) is 17.9. The lowest BCUT2D eigenvalue weighted by Crippen LogP contribution is -2.19. The Labute approximate surface area is 151 Å². The highest BCUT2D eigenvalue weighted by Crippen LogP contribution is 2.41. The molecule has 3 aromatic rings. The Bertz CT molecular complexity index is 948. The highest BCUT2D eigenvalue weighted by molar-refractivity contribution is 6.11. The second kappa shape index (κ2) is 6.92. The Morgan fingerprint density at radius 1 is 1.00 bits per heavy atom. The van der Waals surface area contributed by atoms with Gasteiger partial charge in [-0.15, -0.1) is 0 Å². The molecule has 0 spiro atoms. The van der Waals surface area contributed by atoms with Crippen molar-refractivity contribution in [2.24, 2.45) is 0 Å². The van der Waals surface area contributed by atoms with Crippen LogP contribution in [-0.4, -0.2) is 5.78 Å². The monoisotopic (exact) mass is 345 g/mol. The van der Waals surface area contributed by atoms with E-state index < -0.39 is 0 Å². The molecule has 2 aromatic heterocycles. The summed E-state index contributed by atoms with van der Waals surface area (Å²) in [5.41, 5.74) is 3.39. The molecule has 130 valence electrons. The number of nitrogens with one attached hydrogen (secondary N) is 1. The van der Waals surface area contributed by atoms with Crippen LogP contribution in [-0.2, 0) is 4.79 Å². The molecule has 4 heteroatoms. The summed E-state index contributed by atoms with van der Waals surface area (Å²) in [7, 11) is 0. The molecular formula is C22H19NO3. The Kier molecular flexibility index (Phi) is 4.32. The van der Waals surface area contributed by atoms with E-state index >= 15 is 0 Å². The lowest BCUT2D eigenvalue weighted by molar-refractivity contribution is -0.111. The number of carbonyl (C=O) groups excluding carboxylic acids is 1. The van der Waals surface area contributed by atoms with Crippen molar-refractivity contribution in [3.8, 4) is 0 Å². The highest BCUT2D eigenvalue weighted by Gasteiger charge is 2.32. The van der Waals surface area contributed by atoms with Crippen LogP contribution in [0.1, 0.15) is 30.8 Å². The molecule has 0 aliphatic heterocycles. The van der Waals surface area contributed by atoms with Crippen LogP contribution in [0.2, 0.25) is 0 Å². The van der Waals surface area contributed by atoms with Gasteiger partial charge in [0, 0.05) is 17.0 Å². The van der Waals surface area contributed by atoms with Crippen molar-refractivity contribution in [1.29, 1.82) is 0 Å². The van der Waals surface area contributed by atoms with Gasteiger partial charge in [0.1, 0.15) is 11.5 Å². The normalized spacial score (nSPS) is 19.2. The standard InChI is InChI=1S/C22H19NO3/c1-15(23-17-7-3-2-4-8-17)22-18(21-10-6-12-26-21)13-16(14-19(22)24)20-9-5-11-25-20/h2-12,14,18,23H,13H2,1H3/t18-/m1/s1. The fraction of sp³-hybridized carbons (Fsp3) is 0.136. The quantitative estimate of drug-likeness (QED) is 0.643. The Balaban J connectivity index is 1.75. The van der Waals surface area contributed by atoms with Crippen molar-refractivity contribution in [3.05, 3.63) is 96.0 Å². The molecule has 4 nitrogen and oxygen atoms in total. The number of allylic oxidation sites excluding steroid dienone is 4. The number of hydrogen-bond acceptors (Lipinski definition) is 4. The van der Waals surface area contributed by atoms with Gasteiger partial charge in [0.2, 0.25) is 0 Å². The van der Waals surface area contributed by atoms with Gasteiger partial charge in [0.15, 0.2) is 5.78 Å². The zero-order valence-electron chi connectivity index (χ0n) is 14.4. The molecule has 0 radical (unpaired) electrons. The van der Waals surface area contributed by atoms with Crippen LogP contribution in [0.5, 0.6) is 0 Å². The van der Waals surface area contributed by atoms with Gasteiger partial charge in [0.05, 0.1) is 18.4 Å². The summed E-state index contributed by atoms with van der Waals surface area (Å²) in [6, 6.07) is 17.3. The number of anilines is 1. The van der Waals surface area contributed by atoms with Gasteiger partial charge in [-0.25, -0.2) is 0 Å². The molecule has 0 unspecified atom stereocenters. The topological polar surface area (TPSA) is 55.4 Å². The zero-order valence-corrected chi connectivity index (χ0v) is 14.4. The van der Waals surface area contributed by atoms with E-state index in [1.165, 1.54) is 0 Å². The molecule has 1 N–H and O–H groups in total. The van der Waals surface area contributed by atoms with Crippen LogP contribution >= 0.6 is 0 Å². The lowest BCUT2D eigenvalue weighted by atomic mass is 9.80. The van der Waals surface area contributed by atoms with Gasteiger partial charge in [0.25, 0.3) is 0 Å². The van der Waals surface area contributed by atoms with Crippen molar-refractivity contribution in [3.63, 3.8) is 0 Å². The summed E-state index contributed by atoms with van der Waals surface area (Å²) < 4.78 is 11.1. The average Bonchev–Trinajstić information content (AvgIpc) is 3.35. The van der Waals surface area contributed by atoms with Gasteiger partial charge >= 0.3 is 0 Å². The molecule has 0 fully saturated rings. The number of ketones is 1. The maximum absolute atomic E-state index is 13.0. The van der Waals surface area contributed by atoms with E-state index in [2.05, 4.69) is 5.32 Å². The van der Waals surface area contributed by atoms with E-state index in [-0.39, 0.29) is 11.7 Å². The second-order valence-electron chi connectivity index (χ2n) is 6.31. The van der Waals surface area contributed by atoms with Crippen LogP contribution in [0.4, 0.5) is 5.69 Å². The van der Waals surface area contributed by atoms with E-state index in [0.29, 0.717) is 6.42 Å². The molecule has 2 heterocycles. The first kappa shape index (κ1) is 16.2. The van der Waals surface area contributed by atoms with Crippen LogP contribution in [0.3, 0.4) is 0 Å². The van der Waals surface area contributed by atoms with Gasteiger partial charge in [-0.05, 0) is 61.4 Å². The van der Waals surface area contributed by atoms with Crippen LogP contribution in [0.15, 0.2) is 93.3 Å². The summed E-state index contributed by atoms with van der Waals surface area (Å²) in [5.74, 6) is 1.33. The lowest BCUT2D eigenvalue weighted by Gasteiger charge is -2.25. The van der Waals surface area contributed by atoms with Crippen LogP contribution < -0.4 is 5.32 Å². The fourth-order valence-electron chi connectivity index (χ4n) is 3.41. The van der Waals surface area contributed by atoms with Crippen LogP contribution in [0.25, 0.3) is 5.57 Å². The first-order valence-electron chi connectivity index (χ1n) is 8.57. The molecule has 4 rings (SSSR count). The fourth-order valence-corrected chi connectivity index (χ4v) is 3.41. The number of benzene rings is 1. The Morgan fingerprint density at radius 2 is 1.77 bits per heavy atom. The van der Waals surface area contributed by atoms with Gasteiger partial charge in [-0.3, -0.25) is 4.79 Å². The average molecular weight is 345 g/mol. The maximum atomic E-state index is 13.0. The van der Waals surface area contributed by atoms with Crippen molar-refractivity contribution in [2.45, 2.75) is 19.3 Å². The molecule has 26 heavy (non-hydrogen) atoms. The highest BCUT2D eigenvalue weighted by atomic mass is 16.3. The molecule has 1 aliphatic rings. The molecule has 0 amide bonds. The van der Waals surface area contributed by atoms with Crippen LogP contribution in [0, 0.1) is 0 Å². The van der Waals surface area contributed by atoms with E-state index in [1.807, 2.05) is 61.5 Å². The van der Waals surface area contributed by atoms with E-state index in [0.717, 1.165) is 34.1 Å². The third-order valence-electron chi connectivity index (χ3n) is 4.58. The molecule has 1 aliphatic carbocycles. The molecule has 0 saturated heterocycles. The summed E-state index contributed by atoms with van der Waals surface area (Å²) >= 11 is 0.